The van der Waals surface area contributed by atoms with Gasteiger partial charge in [-0.3, -0.25) is 10.1 Å². The van der Waals surface area contributed by atoms with Crippen LogP contribution < -0.4 is 5.32 Å². The van der Waals surface area contributed by atoms with Crippen molar-refractivity contribution in [3.8, 4) is 0 Å². The minimum Gasteiger partial charge on any atom is -0.298 e. The summed E-state index contributed by atoms with van der Waals surface area (Å²) in [5, 5.41) is 3.79. The second-order valence-electron chi connectivity index (χ2n) is 6.86. The molecule has 0 unspecified atom stereocenters. The first kappa shape index (κ1) is 21.5. The third-order valence-corrected chi connectivity index (χ3v) is 7.63. The maximum Gasteiger partial charge on any atom is 0.257 e. The van der Waals surface area contributed by atoms with Gasteiger partial charge in [0.15, 0.2) is 5.13 Å². The van der Waals surface area contributed by atoms with Crippen molar-refractivity contribution < 1.29 is 13.2 Å². The van der Waals surface area contributed by atoms with Crippen molar-refractivity contribution in [3.63, 3.8) is 0 Å². The Morgan fingerprint density at radius 2 is 1.77 bits per heavy atom. The number of rotatable bonds is 6. The summed E-state index contributed by atoms with van der Waals surface area (Å²) in [5.74, 6) is -0.369. The van der Waals surface area contributed by atoms with Gasteiger partial charge in [0.2, 0.25) is 10.0 Å². The second kappa shape index (κ2) is 8.76. The highest BCUT2D eigenvalue weighted by molar-refractivity contribution is 7.89. The number of hydrogen-bond donors (Lipinski definition) is 1. The van der Waals surface area contributed by atoms with Gasteiger partial charge in [0, 0.05) is 24.2 Å². The van der Waals surface area contributed by atoms with Crippen LogP contribution in [0.1, 0.15) is 15.9 Å². The number of nitrogens with one attached hydrogen (secondary N) is 1. The average Bonchev–Trinajstić information content (AvgIpc) is 3.15. The van der Waals surface area contributed by atoms with Gasteiger partial charge in [-0.2, -0.15) is 4.31 Å². The Morgan fingerprint density at radius 1 is 1.06 bits per heavy atom. The van der Waals surface area contributed by atoms with Crippen LogP contribution in [0.25, 0.3) is 10.2 Å². The van der Waals surface area contributed by atoms with Gasteiger partial charge < -0.3 is 0 Å². The van der Waals surface area contributed by atoms with E-state index in [9.17, 15) is 13.2 Å². The standard InChI is InChI=1S/C22H18ClN3O3S2/c1-26(14-15-5-3-2-4-6-15)31(28,29)18-10-7-16(8-11-18)21(27)25-22-24-19-12-9-17(23)13-20(19)30-22/h2-13H,14H2,1H3,(H,24,25,27). The molecule has 4 rings (SSSR count). The van der Waals surface area contributed by atoms with Crippen LogP contribution >= 0.6 is 22.9 Å². The van der Waals surface area contributed by atoms with E-state index in [0.717, 1.165) is 15.8 Å². The first-order valence-corrected chi connectivity index (χ1v) is 11.9. The highest BCUT2D eigenvalue weighted by Crippen LogP contribution is 2.28. The van der Waals surface area contributed by atoms with Crippen molar-refractivity contribution in [1.29, 1.82) is 0 Å². The molecule has 31 heavy (non-hydrogen) atoms. The number of hydrogen-bond acceptors (Lipinski definition) is 5. The van der Waals surface area contributed by atoms with Crippen LogP contribution in [-0.2, 0) is 16.6 Å². The number of halogens is 1. The van der Waals surface area contributed by atoms with E-state index in [0.29, 0.717) is 15.7 Å². The molecule has 0 saturated heterocycles. The van der Waals surface area contributed by atoms with Crippen LogP contribution in [-0.4, -0.2) is 30.7 Å². The summed E-state index contributed by atoms with van der Waals surface area (Å²) in [6.45, 7) is 0.257. The molecule has 0 fully saturated rings. The summed E-state index contributed by atoms with van der Waals surface area (Å²) in [6.07, 6.45) is 0. The molecular weight excluding hydrogens is 454 g/mol. The summed E-state index contributed by atoms with van der Waals surface area (Å²) in [4.78, 5) is 17.1. The zero-order valence-electron chi connectivity index (χ0n) is 16.4. The van der Waals surface area contributed by atoms with Crippen molar-refractivity contribution in [1.82, 2.24) is 9.29 Å². The summed E-state index contributed by atoms with van der Waals surface area (Å²) in [7, 11) is -2.15. The number of nitrogens with zero attached hydrogens (tertiary/aromatic N) is 2. The first-order valence-electron chi connectivity index (χ1n) is 9.31. The fourth-order valence-electron chi connectivity index (χ4n) is 3.00. The van der Waals surface area contributed by atoms with Crippen molar-refractivity contribution >= 4 is 54.2 Å². The lowest BCUT2D eigenvalue weighted by Gasteiger charge is -2.17. The van der Waals surface area contributed by atoms with Crippen LogP contribution in [0.3, 0.4) is 0 Å². The highest BCUT2D eigenvalue weighted by atomic mass is 35.5. The lowest BCUT2D eigenvalue weighted by atomic mass is 10.2. The fourth-order valence-corrected chi connectivity index (χ4v) is 5.30. The predicted molar refractivity (Wildman–Crippen MR) is 124 cm³/mol. The normalized spacial score (nSPS) is 11.7. The number of benzene rings is 3. The Labute approximate surface area is 189 Å². The van der Waals surface area contributed by atoms with Gasteiger partial charge in [0.25, 0.3) is 5.91 Å². The monoisotopic (exact) mass is 471 g/mol. The Hall–Kier alpha value is -2.78. The zero-order valence-corrected chi connectivity index (χ0v) is 18.8. The van der Waals surface area contributed by atoms with Crippen LogP contribution in [0.2, 0.25) is 5.02 Å². The lowest BCUT2D eigenvalue weighted by molar-refractivity contribution is 0.102. The fraction of sp³-hybridized carbons (Fsp3) is 0.0909. The Morgan fingerprint density at radius 3 is 2.48 bits per heavy atom. The SMILES string of the molecule is CN(Cc1ccccc1)S(=O)(=O)c1ccc(C(=O)Nc2nc3ccc(Cl)cc3s2)cc1. The summed E-state index contributed by atoms with van der Waals surface area (Å²) >= 11 is 7.30. The van der Waals surface area contributed by atoms with E-state index in [1.165, 1.54) is 47.0 Å². The average molecular weight is 472 g/mol. The van der Waals surface area contributed by atoms with Crippen molar-refractivity contribution in [3.05, 3.63) is 88.9 Å². The molecule has 1 amide bonds. The number of aromatic nitrogens is 1. The number of fused-ring (bicyclic) bond motifs is 1. The summed E-state index contributed by atoms with van der Waals surface area (Å²) < 4.78 is 27.8. The molecule has 0 atom stereocenters. The van der Waals surface area contributed by atoms with Gasteiger partial charge in [-0.15, -0.1) is 0 Å². The van der Waals surface area contributed by atoms with Crippen LogP contribution in [0.15, 0.2) is 77.7 Å². The third-order valence-electron chi connectivity index (χ3n) is 4.64. The number of thiazole rings is 1. The molecule has 0 spiro atoms. The molecule has 158 valence electrons. The van der Waals surface area contributed by atoms with Gasteiger partial charge in [-0.05, 0) is 48.0 Å². The van der Waals surface area contributed by atoms with E-state index >= 15 is 0 Å². The minimum atomic E-state index is -3.68. The van der Waals surface area contributed by atoms with Crippen molar-refractivity contribution in [2.75, 3.05) is 12.4 Å². The molecule has 9 heteroatoms. The largest absolute Gasteiger partial charge is 0.298 e. The number of amides is 1. The van der Waals surface area contributed by atoms with Gasteiger partial charge in [0.1, 0.15) is 0 Å². The number of sulfonamides is 1. The van der Waals surface area contributed by atoms with E-state index in [-0.39, 0.29) is 17.3 Å². The molecule has 1 aromatic heterocycles. The molecule has 0 aliphatic heterocycles. The van der Waals surface area contributed by atoms with Crippen molar-refractivity contribution in [2.24, 2.45) is 0 Å². The van der Waals surface area contributed by atoms with E-state index in [4.69, 9.17) is 11.6 Å². The predicted octanol–water partition coefficient (Wildman–Crippen LogP) is 5.02. The van der Waals surface area contributed by atoms with Crippen LogP contribution in [0, 0.1) is 0 Å². The van der Waals surface area contributed by atoms with Gasteiger partial charge in [0.05, 0.1) is 15.1 Å². The second-order valence-corrected chi connectivity index (χ2v) is 10.4. The van der Waals surface area contributed by atoms with Crippen LogP contribution in [0.5, 0.6) is 0 Å². The maximum atomic E-state index is 12.8. The van der Waals surface area contributed by atoms with E-state index in [1.807, 2.05) is 30.3 Å². The Bertz CT molecular complexity index is 1340. The molecule has 0 saturated carbocycles. The quantitative estimate of drug-likeness (QED) is 0.428. The molecule has 6 nitrogen and oxygen atoms in total. The molecule has 0 radical (unpaired) electrons. The van der Waals surface area contributed by atoms with E-state index in [1.54, 1.807) is 18.2 Å². The Kier molecular flexibility index (Phi) is 6.06. The number of carbonyl (C=O) groups is 1. The topological polar surface area (TPSA) is 79.4 Å². The van der Waals surface area contributed by atoms with Gasteiger partial charge in [-0.25, -0.2) is 13.4 Å². The molecule has 1 N–H and O–H groups in total. The Balaban J connectivity index is 1.48. The van der Waals surface area contributed by atoms with E-state index < -0.39 is 10.0 Å². The molecule has 0 bridgehead atoms. The zero-order chi connectivity index (χ0) is 22.0. The molecular formula is C22H18ClN3O3S2. The third kappa shape index (κ3) is 4.77. The summed E-state index contributed by atoms with van der Waals surface area (Å²) in [6, 6.07) is 20.5. The molecule has 0 aliphatic carbocycles. The van der Waals surface area contributed by atoms with Crippen molar-refractivity contribution in [2.45, 2.75) is 11.4 Å². The van der Waals surface area contributed by atoms with Gasteiger partial charge >= 0.3 is 0 Å². The number of anilines is 1. The smallest absolute Gasteiger partial charge is 0.257 e. The lowest BCUT2D eigenvalue weighted by Crippen LogP contribution is -2.26. The molecule has 0 aliphatic rings. The molecule has 1 heterocycles. The maximum absolute atomic E-state index is 12.8. The summed E-state index contributed by atoms with van der Waals surface area (Å²) in [5.41, 5.74) is 1.97. The minimum absolute atomic E-state index is 0.122. The van der Waals surface area contributed by atoms with Gasteiger partial charge in [-0.1, -0.05) is 53.3 Å². The first-order chi connectivity index (χ1) is 14.8. The molecule has 3 aromatic carbocycles. The highest BCUT2D eigenvalue weighted by Gasteiger charge is 2.21. The molecule has 4 aromatic rings. The number of carbonyl (C=O) groups excluding carboxylic acids is 1. The van der Waals surface area contributed by atoms with Crippen LogP contribution in [0.4, 0.5) is 5.13 Å². The van der Waals surface area contributed by atoms with E-state index in [2.05, 4.69) is 10.3 Å².